The van der Waals surface area contributed by atoms with E-state index in [9.17, 15) is 15.2 Å². The topological polar surface area (TPSA) is 131 Å². The predicted octanol–water partition coefficient (Wildman–Crippen LogP) is 3.17. The number of rotatable bonds is 7. The summed E-state index contributed by atoms with van der Waals surface area (Å²) in [7, 11) is 0. The van der Waals surface area contributed by atoms with E-state index in [1.807, 2.05) is 16.7 Å². The zero-order valence-corrected chi connectivity index (χ0v) is 16.6. The van der Waals surface area contributed by atoms with Crippen molar-refractivity contribution in [3.8, 4) is 0 Å². The number of aliphatic hydroxyl groups excluding tert-OH is 1. The summed E-state index contributed by atoms with van der Waals surface area (Å²) in [6.45, 7) is 0.106. The SMILES string of the molecule is O=[N+]([O-])c1ccccc1/C=N/c1nc(NC2CC2)c2ncn([C@H]3C=C[C@@H](CO)C3)c2n1. The van der Waals surface area contributed by atoms with Crippen LogP contribution in [0.15, 0.2) is 47.7 Å². The van der Waals surface area contributed by atoms with Crippen molar-refractivity contribution in [3.63, 3.8) is 0 Å². The van der Waals surface area contributed by atoms with E-state index in [1.165, 1.54) is 12.3 Å². The number of aliphatic imine (C=N–C) groups is 1. The highest BCUT2D eigenvalue weighted by Crippen LogP contribution is 2.33. The molecule has 3 aromatic rings. The van der Waals surface area contributed by atoms with Gasteiger partial charge in [-0.3, -0.25) is 10.1 Å². The van der Waals surface area contributed by atoms with Crippen LogP contribution in [0.1, 0.15) is 30.9 Å². The maximum Gasteiger partial charge on any atom is 0.278 e. The third-order valence-corrected chi connectivity index (χ3v) is 5.52. The van der Waals surface area contributed by atoms with Gasteiger partial charge in [0.2, 0.25) is 0 Å². The first-order chi connectivity index (χ1) is 15.1. The molecule has 5 rings (SSSR count). The molecule has 31 heavy (non-hydrogen) atoms. The lowest BCUT2D eigenvalue weighted by Gasteiger charge is -2.13. The number of nitrogens with zero attached hydrogens (tertiary/aromatic N) is 6. The Morgan fingerprint density at radius 3 is 2.87 bits per heavy atom. The van der Waals surface area contributed by atoms with Gasteiger partial charge in [0.25, 0.3) is 11.6 Å². The first-order valence-corrected chi connectivity index (χ1v) is 10.2. The second-order valence-corrected chi connectivity index (χ2v) is 7.82. The highest BCUT2D eigenvalue weighted by atomic mass is 16.6. The molecular formula is C21H21N7O3. The lowest BCUT2D eigenvalue weighted by atomic mass is 10.1. The van der Waals surface area contributed by atoms with Crippen LogP contribution in [0.4, 0.5) is 17.5 Å². The average molecular weight is 419 g/mol. The fraction of sp³-hybridized carbons (Fsp3) is 0.333. The lowest BCUT2D eigenvalue weighted by Crippen LogP contribution is -2.09. The van der Waals surface area contributed by atoms with Crippen LogP contribution in [-0.4, -0.2) is 48.4 Å². The fourth-order valence-corrected chi connectivity index (χ4v) is 3.71. The van der Waals surface area contributed by atoms with Gasteiger partial charge in [-0.2, -0.15) is 9.97 Å². The molecule has 0 aliphatic heterocycles. The van der Waals surface area contributed by atoms with Crippen molar-refractivity contribution in [1.82, 2.24) is 19.5 Å². The molecule has 2 aromatic heterocycles. The Labute approximate surface area is 177 Å². The largest absolute Gasteiger partial charge is 0.396 e. The molecule has 2 N–H and O–H groups in total. The van der Waals surface area contributed by atoms with Gasteiger partial charge in [0.1, 0.15) is 0 Å². The van der Waals surface area contributed by atoms with Gasteiger partial charge in [-0.15, -0.1) is 0 Å². The Morgan fingerprint density at radius 1 is 1.29 bits per heavy atom. The Morgan fingerprint density at radius 2 is 2.13 bits per heavy atom. The molecule has 1 fully saturated rings. The van der Waals surface area contributed by atoms with Gasteiger partial charge in [0.05, 0.1) is 22.9 Å². The summed E-state index contributed by atoms with van der Waals surface area (Å²) in [4.78, 5) is 28.8. The second-order valence-electron chi connectivity index (χ2n) is 7.82. The van der Waals surface area contributed by atoms with Gasteiger partial charge in [-0.05, 0) is 25.3 Å². The van der Waals surface area contributed by atoms with E-state index < -0.39 is 4.92 Å². The highest BCUT2D eigenvalue weighted by Gasteiger charge is 2.26. The van der Waals surface area contributed by atoms with Crippen molar-refractivity contribution < 1.29 is 10.0 Å². The summed E-state index contributed by atoms with van der Waals surface area (Å²) in [5, 5.41) is 24.1. The minimum absolute atomic E-state index is 0.0279. The van der Waals surface area contributed by atoms with Gasteiger partial charge >= 0.3 is 0 Å². The number of hydrogen-bond acceptors (Lipinski definition) is 8. The number of para-hydroxylation sites is 1. The number of aliphatic hydroxyl groups is 1. The van der Waals surface area contributed by atoms with Crippen LogP contribution >= 0.6 is 0 Å². The number of fused-ring (bicyclic) bond motifs is 1. The number of nitro groups is 1. The molecule has 0 saturated heterocycles. The molecule has 1 saturated carbocycles. The molecule has 1 aromatic carbocycles. The summed E-state index contributed by atoms with van der Waals surface area (Å²) < 4.78 is 1.96. The van der Waals surface area contributed by atoms with Crippen LogP contribution in [0.2, 0.25) is 0 Å². The number of benzene rings is 1. The molecule has 2 heterocycles. The molecule has 2 atom stereocenters. The Kier molecular flexibility index (Phi) is 4.91. The molecule has 0 radical (unpaired) electrons. The first-order valence-electron chi connectivity index (χ1n) is 10.2. The van der Waals surface area contributed by atoms with E-state index in [4.69, 9.17) is 0 Å². The smallest absolute Gasteiger partial charge is 0.278 e. The van der Waals surface area contributed by atoms with Crippen molar-refractivity contribution in [2.24, 2.45) is 10.9 Å². The average Bonchev–Trinajstić information content (AvgIpc) is 3.29. The fourth-order valence-electron chi connectivity index (χ4n) is 3.71. The maximum atomic E-state index is 11.3. The number of allylic oxidation sites excluding steroid dienone is 1. The molecule has 0 spiro atoms. The summed E-state index contributed by atoms with van der Waals surface area (Å²) in [6, 6.07) is 6.80. The van der Waals surface area contributed by atoms with E-state index in [0.717, 1.165) is 19.3 Å². The van der Waals surface area contributed by atoms with E-state index in [-0.39, 0.29) is 30.2 Å². The number of hydrogen-bond donors (Lipinski definition) is 2. The van der Waals surface area contributed by atoms with Gasteiger partial charge < -0.3 is 15.0 Å². The quantitative estimate of drug-likeness (QED) is 0.260. The van der Waals surface area contributed by atoms with E-state index in [0.29, 0.717) is 28.6 Å². The molecule has 0 unspecified atom stereocenters. The van der Waals surface area contributed by atoms with Gasteiger partial charge in [-0.25, -0.2) is 9.98 Å². The monoisotopic (exact) mass is 419 g/mol. The Bertz CT molecular complexity index is 1200. The normalized spacial score (nSPS) is 20.7. The van der Waals surface area contributed by atoms with E-state index in [2.05, 4.69) is 25.3 Å². The minimum Gasteiger partial charge on any atom is -0.396 e. The number of anilines is 1. The van der Waals surface area contributed by atoms with Crippen molar-refractivity contribution in [3.05, 3.63) is 58.4 Å². The summed E-state index contributed by atoms with van der Waals surface area (Å²) in [5.41, 5.74) is 1.66. The number of aromatic nitrogens is 4. The molecule has 2 aliphatic carbocycles. The Balaban J connectivity index is 1.54. The van der Waals surface area contributed by atoms with Gasteiger partial charge in [0.15, 0.2) is 17.0 Å². The summed E-state index contributed by atoms with van der Waals surface area (Å²) in [6.07, 6.45) is 10.1. The number of nitrogens with one attached hydrogen (secondary N) is 1. The van der Waals surface area contributed by atoms with E-state index >= 15 is 0 Å². The van der Waals surface area contributed by atoms with Crippen molar-refractivity contribution in [1.29, 1.82) is 0 Å². The van der Waals surface area contributed by atoms with Gasteiger partial charge in [0, 0.05) is 30.8 Å². The van der Waals surface area contributed by atoms with Crippen LogP contribution in [0.5, 0.6) is 0 Å². The predicted molar refractivity (Wildman–Crippen MR) is 116 cm³/mol. The van der Waals surface area contributed by atoms with Crippen LogP contribution in [-0.2, 0) is 0 Å². The van der Waals surface area contributed by atoms with Crippen molar-refractivity contribution in [2.45, 2.75) is 31.3 Å². The van der Waals surface area contributed by atoms with E-state index in [1.54, 1.807) is 24.5 Å². The molecular weight excluding hydrogens is 398 g/mol. The summed E-state index contributed by atoms with van der Waals surface area (Å²) >= 11 is 0. The standard InChI is InChI=1S/C21H21N7O3/c29-11-13-5-8-16(9-13)27-12-23-18-19(24-15-6-7-15)25-21(26-20(18)27)22-10-14-3-1-2-4-17(14)28(30)31/h1-5,8,10,12-13,15-16,29H,6-7,9,11H2,(H,24,25,26)/b22-10+/t13-,16+/m1/s1. The maximum absolute atomic E-state index is 11.3. The second kappa shape index (κ2) is 7.88. The van der Waals surface area contributed by atoms with Crippen LogP contribution < -0.4 is 5.32 Å². The lowest BCUT2D eigenvalue weighted by molar-refractivity contribution is -0.385. The molecule has 10 heteroatoms. The molecule has 0 bridgehead atoms. The molecule has 10 nitrogen and oxygen atoms in total. The minimum atomic E-state index is -0.440. The Hall–Kier alpha value is -3.66. The first kappa shape index (κ1) is 19.3. The highest BCUT2D eigenvalue weighted by molar-refractivity contribution is 5.88. The zero-order chi connectivity index (χ0) is 21.4. The molecule has 0 amide bonds. The van der Waals surface area contributed by atoms with Crippen LogP contribution in [0.3, 0.4) is 0 Å². The van der Waals surface area contributed by atoms with Crippen LogP contribution in [0, 0.1) is 16.0 Å². The third-order valence-electron chi connectivity index (χ3n) is 5.52. The molecule has 158 valence electrons. The summed E-state index contributed by atoms with van der Waals surface area (Å²) in [5.74, 6) is 0.933. The molecule has 2 aliphatic rings. The van der Waals surface area contributed by atoms with Crippen molar-refractivity contribution >= 4 is 34.8 Å². The number of imidazole rings is 1. The number of nitro benzene ring substituents is 1. The zero-order valence-electron chi connectivity index (χ0n) is 16.6. The van der Waals surface area contributed by atoms with Crippen LogP contribution in [0.25, 0.3) is 11.2 Å². The third kappa shape index (κ3) is 3.89. The van der Waals surface area contributed by atoms with Gasteiger partial charge in [-0.1, -0.05) is 24.3 Å². The van der Waals surface area contributed by atoms with Crippen molar-refractivity contribution in [2.75, 3.05) is 11.9 Å².